The molecule has 0 atom stereocenters. The Labute approximate surface area is 85.2 Å². The molecule has 0 heterocycles. The maximum Gasteiger partial charge on any atom is 0.0572 e. The van der Waals surface area contributed by atoms with E-state index in [-0.39, 0.29) is 0 Å². The van der Waals surface area contributed by atoms with Crippen molar-refractivity contribution in [3.05, 3.63) is 35.4 Å². The lowest BCUT2D eigenvalue weighted by atomic mass is 9.75. The zero-order chi connectivity index (χ0) is 9.97. The molecule has 1 fully saturated rings. The SMILES string of the molecule is CONC1CC(c2ccccc2C)C1. The van der Waals surface area contributed by atoms with Crippen LogP contribution in [0.5, 0.6) is 0 Å². The summed E-state index contributed by atoms with van der Waals surface area (Å²) < 4.78 is 0. The lowest BCUT2D eigenvalue weighted by molar-refractivity contribution is 0.0284. The summed E-state index contributed by atoms with van der Waals surface area (Å²) in [5.41, 5.74) is 5.91. The Kier molecular flexibility index (Phi) is 2.85. The second-order valence-electron chi connectivity index (χ2n) is 4.04. The van der Waals surface area contributed by atoms with Gasteiger partial charge < -0.3 is 4.84 Å². The first-order chi connectivity index (χ1) is 6.81. The number of nitrogens with one attached hydrogen (secondary N) is 1. The van der Waals surface area contributed by atoms with E-state index in [4.69, 9.17) is 4.84 Å². The lowest BCUT2D eigenvalue weighted by Crippen LogP contribution is -2.39. The zero-order valence-electron chi connectivity index (χ0n) is 8.79. The molecular weight excluding hydrogens is 174 g/mol. The average molecular weight is 191 g/mol. The van der Waals surface area contributed by atoms with Gasteiger partial charge in [0.1, 0.15) is 0 Å². The molecule has 1 N–H and O–H groups in total. The minimum atomic E-state index is 0.546. The van der Waals surface area contributed by atoms with Crippen LogP contribution in [0.25, 0.3) is 0 Å². The van der Waals surface area contributed by atoms with Gasteiger partial charge >= 0.3 is 0 Å². The summed E-state index contributed by atoms with van der Waals surface area (Å²) in [5.74, 6) is 0.726. The molecule has 1 aliphatic rings. The number of hydrogen-bond acceptors (Lipinski definition) is 2. The lowest BCUT2D eigenvalue weighted by Gasteiger charge is -2.36. The van der Waals surface area contributed by atoms with Crippen LogP contribution in [-0.2, 0) is 4.84 Å². The normalized spacial score (nSPS) is 25.9. The minimum Gasteiger partial charge on any atom is -0.305 e. The number of rotatable bonds is 3. The molecule has 2 heteroatoms. The third kappa shape index (κ3) is 1.81. The summed E-state index contributed by atoms with van der Waals surface area (Å²) in [6, 6.07) is 9.20. The molecule has 0 aliphatic heterocycles. The Balaban J connectivity index is 1.96. The van der Waals surface area contributed by atoms with E-state index in [1.165, 1.54) is 24.0 Å². The third-order valence-corrected chi connectivity index (χ3v) is 3.05. The summed E-state index contributed by atoms with van der Waals surface area (Å²) in [5, 5.41) is 0. The molecule has 0 radical (unpaired) electrons. The van der Waals surface area contributed by atoms with Crippen molar-refractivity contribution in [3.8, 4) is 0 Å². The smallest absolute Gasteiger partial charge is 0.0572 e. The molecule has 0 aromatic heterocycles. The van der Waals surface area contributed by atoms with E-state index in [2.05, 4.69) is 36.7 Å². The molecule has 2 nitrogen and oxygen atoms in total. The largest absolute Gasteiger partial charge is 0.305 e. The maximum absolute atomic E-state index is 4.91. The Morgan fingerprint density at radius 3 is 2.64 bits per heavy atom. The van der Waals surface area contributed by atoms with Crippen LogP contribution >= 0.6 is 0 Å². The number of hydroxylamine groups is 1. The van der Waals surface area contributed by atoms with E-state index >= 15 is 0 Å². The van der Waals surface area contributed by atoms with E-state index in [1.807, 2.05) is 0 Å². The molecule has 0 saturated heterocycles. The highest BCUT2D eigenvalue weighted by atomic mass is 16.6. The number of benzene rings is 1. The van der Waals surface area contributed by atoms with Crippen LogP contribution in [0.15, 0.2) is 24.3 Å². The molecule has 1 aromatic rings. The molecule has 14 heavy (non-hydrogen) atoms. The fraction of sp³-hybridized carbons (Fsp3) is 0.500. The van der Waals surface area contributed by atoms with Crippen LogP contribution in [-0.4, -0.2) is 13.2 Å². The van der Waals surface area contributed by atoms with Crippen molar-refractivity contribution >= 4 is 0 Å². The average Bonchev–Trinajstić information content (AvgIpc) is 2.12. The second kappa shape index (κ2) is 4.11. The summed E-state index contributed by atoms with van der Waals surface area (Å²) in [4.78, 5) is 4.91. The van der Waals surface area contributed by atoms with E-state index in [0.717, 1.165) is 5.92 Å². The van der Waals surface area contributed by atoms with Crippen molar-refractivity contribution in [2.75, 3.05) is 7.11 Å². The predicted octanol–water partition coefficient (Wildman–Crippen LogP) is 2.39. The highest BCUT2D eigenvalue weighted by Gasteiger charge is 2.30. The van der Waals surface area contributed by atoms with Gasteiger partial charge in [-0.05, 0) is 36.8 Å². The van der Waals surface area contributed by atoms with Crippen molar-refractivity contribution in [3.63, 3.8) is 0 Å². The summed E-state index contributed by atoms with van der Waals surface area (Å²) in [7, 11) is 1.68. The molecule has 0 bridgehead atoms. The van der Waals surface area contributed by atoms with Crippen LogP contribution in [0, 0.1) is 6.92 Å². The molecule has 0 unspecified atom stereocenters. The fourth-order valence-corrected chi connectivity index (χ4v) is 2.18. The van der Waals surface area contributed by atoms with Crippen LogP contribution in [0.1, 0.15) is 29.9 Å². The first-order valence-corrected chi connectivity index (χ1v) is 5.15. The van der Waals surface area contributed by atoms with Gasteiger partial charge in [-0.15, -0.1) is 0 Å². The zero-order valence-corrected chi connectivity index (χ0v) is 8.79. The molecule has 0 amide bonds. The summed E-state index contributed by atoms with van der Waals surface area (Å²) >= 11 is 0. The van der Waals surface area contributed by atoms with Crippen LogP contribution in [0.2, 0.25) is 0 Å². The standard InChI is InChI=1S/C12H17NO/c1-9-5-3-4-6-12(9)10-7-11(8-10)13-14-2/h3-6,10-11,13H,7-8H2,1-2H3. The van der Waals surface area contributed by atoms with Gasteiger partial charge in [-0.25, -0.2) is 0 Å². The number of hydrogen-bond donors (Lipinski definition) is 1. The molecule has 76 valence electrons. The van der Waals surface area contributed by atoms with E-state index < -0.39 is 0 Å². The second-order valence-corrected chi connectivity index (χ2v) is 4.04. The maximum atomic E-state index is 4.91. The van der Waals surface area contributed by atoms with Gasteiger partial charge in [0.2, 0.25) is 0 Å². The van der Waals surface area contributed by atoms with Crippen molar-refractivity contribution in [2.45, 2.75) is 31.7 Å². The Morgan fingerprint density at radius 1 is 1.29 bits per heavy atom. The van der Waals surface area contributed by atoms with Gasteiger partial charge in [-0.1, -0.05) is 24.3 Å². The Morgan fingerprint density at radius 2 is 2.00 bits per heavy atom. The van der Waals surface area contributed by atoms with Crippen LogP contribution in [0.4, 0.5) is 0 Å². The molecule has 0 spiro atoms. The van der Waals surface area contributed by atoms with Crippen LogP contribution < -0.4 is 5.48 Å². The van der Waals surface area contributed by atoms with Gasteiger partial charge in [-0.3, -0.25) is 0 Å². The van der Waals surface area contributed by atoms with Crippen molar-refractivity contribution < 1.29 is 4.84 Å². The quantitative estimate of drug-likeness (QED) is 0.741. The monoisotopic (exact) mass is 191 g/mol. The Bertz CT molecular complexity index is 305. The van der Waals surface area contributed by atoms with Gasteiger partial charge in [0, 0.05) is 6.04 Å². The van der Waals surface area contributed by atoms with Gasteiger partial charge in [-0.2, -0.15) is 5.48 Å². The van der Waals surface area contributed by atoms with Crippen molar-refractivity contribution in [1.29, 1.82) is 0 Å². The fourth-order valence-electron chi connectivity index (χ4n) is 2.18. The van der Waals surface area contributed by atoms with Gasteiger partial charge in [0.25, 0.3) is 0 Å². The highest BCUT2D eigenvalue weighted by Crippen LogP contribution is 2.38. The molecular formula is C12H17NO. The van der Waals surface area contributed by atoms with E-state index in [1.54, 1.807) is 7.11 Å². The molecule has 1 aromatic carbocycles. The summed E-state index contributed by atoms with van der Waals surface area (Å²) in [6.45, 7) is 2.19. The molecule has 2 rings (SSSR count). The first kappa shape index (κ1) is 9.69. The van der Waals surface area contributed by atoms with Crippen LogP contribution in [0.3, 0.4) is 0 Å². The molecule has 1 saturated carbocycles. The Hall–Kier alpha value is -0.860. The predicted molar refractivity (Wildman–Crippen MR) is 57.1 cm³/mol. The third-order valence-electron chi connectivity index (χ3n) is 3.05. The topological polar surface area (TPSA) is 21.3 Å². The molecule has 1 aliphatic carbocycles. The van der Waals surface area contributed by atoms with Crippen molar-refractivity contribution in [1.82, 2.24) is 5.48 Å². The van der Waals surface area contributed by atoms with E-state index in [9.17, 15) is 0 Å². The van der Waals surface area contributed by atoms with Gasteiger partial charge in [0.05, 0.1) is 7.11 Å². The summed E-state index contributed by atoms with van der Waals surface area (Å²) in [6.07, 6.45) is 2.39. The highest BCUT2D eigenvalue weighted by molar-refractivity contribution is 5.31. The minimum absolute atomic E-state index is 0.546. The first-order valence-electron chi connectivity index (χ1n) is 5.15. The van der Waals surface area contributed by atoms with Crippen molar-refractivity contribution in [2.24, 2.45) is 0 Å². The van der Waals surface area contributed by atoms with E-state index in [0.29, 0.717) is 6.04 Å². The van der Waals surface area contributed by atoms with Gasteiger partial charge in [0.15, 0.2) is 0 Å². The number of aryl methyl sites for hydroxylation is 1.